The molecule has 0 atom stereocenters. The van der Waals surface area contributed by atoms with Crippen molar-refractivity contribution < 1.29 is 4.79 Å². The molecular weight excluding hydrogens is 320 g/mol. The third-order valence-corrected chi connectivity index (χ3v) is 3.96. The third kappa shape index (κ3) is 6.09. The third-order valence-electron chi connectivity index (χ3n) is 3.96. The molecule has 25 heavy (non-hydrogen) atoms. The van der Waals surface area contributed by atoms with E-state index in [0.29, 0.717) is 18.3 Å². The van der Waals surface area contributed by atoms with Crippen LogP contribution in [0.15, 0.2) is 12.4 Å². The van der Waals surface area contributed by atoms with E-state index in [1.54, 1.807) is 11.1 Å². The lowest BCUT2D eigenvalue weighted by Crippen LogP contribution is -2.23. The first kappa shape index (κ1) is 18.8. The van der Waals surface area contributed by atoms with Gasteiger partial charge in [-0.15, -0.1) is 5.10 Å². The number of nitrogens with zero attached hydrogens (tertiary/aromatic N) is 6. The van der Waals surface area contributed by atoms with Crippen LogP contribution in [0.3, 0.4) is 0 Å². The molecule has 9 nitrogen and oxygen atoms in total. The summed E-state index contributed by atoms with van der Waals surface area (Å²) in [7, 11) is 0. The topological polar surface area (TPSA) is 127 Å². The first-order valence-corrected chi connectivity index (χ1v) is 8.85. The molecule has 2 aromatic heterocycles. The number of aromatic nitrogens is 6. The predicted molar refractivity (Wildman–Crippen MR) is 94.3 cm³/mol. The highest BCUT2D eigenvalue weighted by molar-refractivity contribution is 5.90. The van der Waals surface area contributed by atoms with Gasteiger partial charge in [0, 0.05) is 6.54 Å². The lowest BCUT2D eigenvalue weighted by atomic mass is 10.1. The van der Waals surface area contributed by atoms with Gasteiger partial charge in [-0.1, -0.05) is 57.0 Å². The van der Waals surface area contributed by atoms with Crippen molar-refractivity contribution in [1.82, 2.24) is 30.6 Å². The Bertz CT molecular complexity index is 631. The van der Waals surface area contributed by atoms with Gasteiger partial charge in [-0.05, 0) is 11.6 Å². The molecule has 0 spiro atoms. The summed E-state index contributed by atoms with van der Waals surface area (Å²) in [4.78, 5) is 21.4. The van der Waals surface area contributed by atoms with Crippen molar-refractivity contribution >= 4 is 17.7 Å². The fourth-order valence-corrected chi connectivity index (χ4v) is 2.60. The average molecular weight is 346 g/mol. The number of hydrogen-bond donors (Lipinski definition) is 2. The van der Waals surface area contributed by atoms with Crippen LogP contribution in [0.1, 0.15) is 68.8 Å². The van der Waals surface area contributed by atoms with Crippen molar-refractivity contribution in [3.05, 3.63) is 18.1 Å². The molecule has 0 bridgehead atoms. The SMILES string of the molecule is CCCCCCCCCCN(c1cncc(C(N)=O)n1)c1nn[nH]n1. The Morgan fingerprint density at radius 1 is 1.12 bits per heavy atom. The monoisotopic (exact) mass is 346 g/mol. The number of anilines is 2. The minimum atomic E-state index is -0.616. The van der Waals surface area contributed by atoms with Crippen molar-refractivity contribution in [3.8, 4) is 0 Å². The number of carbonyl (C=O) groups is 1. The maximum absolute atomic E-state index is 11.3. The van der Waals surface area contributed by atoms with E-state index in [1.165, 1.54) is 44.7 Å². The van der Waals surface area contributed by atoms with E-state index >= 15 is 0 Å². The lowest BCUT2D eigenvalue weighted by Gasteiger charge is -2.19. The molecule has 0 radical (unpaired) electrons. The Hall–Kier alpha value is -2.58. The molecule has 0 aliphatic carbocycles. The molecule has 1 amide bonds. The van der Waals surface area contributed by atoms with Gasteiger partial charge in [-0.3, -0.25) is 14.7 Å². The standard InChI is InChI=1S/C16H26N8O/c1-2-3-4-5-6-7-8-9-10-24(16-20-22-23-21-16)14-12-18-11-13(19-14)15(17)25/h11-12H,2-10H2,1H3,(H2,17,25)(H,20,21,22,23). The Morgan fingerprint density at radius 2 is 1.84 bits per heavy atom. The smallest absolute Gasteiger partial charge is 0.271 e. The molecule has 0 aliphatic rings. The number of amides is 1. The van der Waals surface area contributed by atoms with Crippen molar-refractivity contribution in [3.63, 3.8) is 0 Å². The summed E-state index contributed by atoms with van der Waals surface area (Å²) >= 11 is 0. The summed E-state index contributed by atoms with van der Waals surface area (Å²) in [6.07, 6.45) is 12.7. The zero-order valence-electron chi connectivity index (χ0n) is 14.7. The summed E-state index contributed by atoms with van der Waals surface area (Å²) in [5.74, 6) is 0.272. The molecule has 136 valence electrons. The van der Waals surface area contributed by atoms with Gasteiger partial charge in [0.2, 0.25) is 0 Å². The molecule has 2 aromatic rings. The molecule has 0 saturated heterocycles. The van der Waals surface area contributed by atoms with Crippen LogP contribution in [0.4, 0.5) is 11.8 Å². The molecule has 0 unspecified atom stereocenters. The molecule has 2 heterocycles. The number of unbranched alkanes of at least 4 members (excludes halogenated alkanes) is 7. The first-order valence-electron chi connectivity index (χ1n) is 8.85. The fourth-order valence-electron chi connectivity index (χ4n) is 2.60. The van der Waals surface area contributed by atoms with Crippen molar-refractivity contribution in [2.45, 2.75) is 58.3 Å². The summed E-state index contributed by atoms with van der Waals surface area (Å²) in [6.45, 7) is 2.90. The van der Waals surface area contributed by atoms with Crippen molar-refractivity contribution in [2.75, 3.05) is 11.4 Å². The van der Waals surface area contributed by atoms with Gasteiger partial charge in [0.25, 0.3) is 11.9 Å². The van der Waals surface area contributed by atoms with Gasteiger partial charge >= 0.3 is 0 Å². The second-order valence-electron chi connectivity index (χ2n) is 5.97. The van der Waals surface area contributed by atoms with Gasteiger partial charge in [0.05, 0.1) is 12.4 Å². The molecular formula is C16H26N8O. The zero-order chi connectivity index (χ0) is 17.9. The molecule has 2 rings (SSSR count). The highest BCUT2D eigenvalue weighted by Crippen LogP contribution is 2.19. The van der Waals surface area contributed by atoms with E-state index in [4.69, 9.17) is 5.73 Å². The number of nitrogens with one attached hydrogen (secondary N) is 1. The molecule has 0 aromatic carbocycles. The van der Waals surface area contributed by atoms with Crippen LogP contribution in [0.2, 0.25) is 0 Å². The van der Waals surface area contributed by atoms with Crippen LogP contribution in [-0.2, 0) is 0 Å². The van der Waals surface area contributed by atoms with Crippen LogP contribution < -0.4 is 10.6 Å². The Kier molecular flexibility index (Phi) is 7.74. The van der Waals surface area contributed by atoms with E-state index < -0.39 is 5.91 Å². The van der Waals surface area contributed by atoms with Crippen LogP contribution in [0.5, 0.6) is 0 Å². The average Bonchev–Trinajstić information content (AvgIpc) is 3.15. The fraction of sp³-hybridized carbons (Fsp3) is 0.625. The van der Waals surface area contributed by atoms with Gasteiger partial charge < -0.3 is 5.73 Å². The number of carbonyl (C=O) groups excluding carboxylic acids is 1. The number of hydrogen-bond acceptors (Lipinski definition) is 7. The zero-order valence-corrected chi connectivity index (χ0v) is 14.7. The predicted octanol–water partition coefficient (Wildman–Crippen LogP) is 2.37. The second kappa shape index (κ2) is 10.3. The highest BCUT2D eigenvalue weighted by atomic mass is 16.1. The minimum absolute atomic E-state index is 0.113. The van der Waals surface area contributed by atoms with Gasteiger partial charge in [0.1, 0.15) is 5.69 Å². The lowest BCUT2D eigenvalue weighted by molar-refractivity contribution is 0.0995. The van der Waals surface area contributed by atoms with Crippen LogP contribution >= 0.6 is 0 Å². The number of aromatic amines is 1. The Labute approximate surface area is 147 Å². The minimum Gasteiger partial charge on any atom is -0.364 e. The van der Waals surface area contributed by atoms with E-state index in [0.717, 1.165) is 12.8 Å². The Morgan fingerprint density at radius 3 is 2.48 bits per heavy atom. The van der Waals surface area contributed by atoms with Crippen molar-refractivity contribution in [2.24, 2.45) is 5.73 Å². The van der Waals surface area contributed by atoms with Crippen molar-refractivity contribution in [1.29, 1.82) is 0 Å². The Balaban J connectivity index is 1.90. The van der Waals surface area contributed by atoms with E-state index in [2.05, 4.69) is 37.5 Å². The molecule has 0 fully saturated rings. The summed E-state index contributed by atoms with van der Waals surface area (Å²) in [5.41, 5.74) is 5.39. The summed E-state index contributed by atoms with van der Waals surface area (Å²) in [5, 5.41) is 14.1. The van der Waals surface area contributed by atoms with Crippen LogP contribution in [-0.4, -0.2) is 43.0 Å². The summed E-state index contributed by atoms with van der Waals surface area (Å²) in [6, 6.07) is 0. The number of H-pyrrole nitrogens is 1. The van der Waals surface area contributed by atoms with Crippen LogP contribution in [0, 0.1) is 0 Å². The second-order valence-corrected chi connectivity index (χ2v) is 5.97. The molecule has 9 heteroatoms. The molecule has 0 aliphatic heterocycles. The number of tetrazole rings is 1. The molecule has 0 saturated carbocycles. The highest BCUT2D eigenvalue weighted by Gasteiger charge is 2.16. The normalized spacial score (nSPS) is 10.8. The number of rotatable bonds is 12. The molecule has 3 N–H and O–H groups in total. The van der Waals surface area contributed by atoms with E-state index in [-0.39, 0.29) is 5.69 Å². The number of nitrogens with two attached hydrogens (primary N) is 1. The summed E-state index contributed by atoms with van der Waals surface area (Å²) < 4.78 is 0. The van der Waals surface area contributed by atoms with Gasteiger partial charge in [0.15, 0.2) is 5.82 Å². The maximum atomic E-state index is 11.3. The van der Waals surface area contributed by atoms with Gasteiger partial charge in [-0.25, -0.2) is 4.98 Å². The first-order chi connectivity index (χ1) is 12.2. The number of primary amides is 1. The van der Waals surface area contributed by atoms with E-state index in [9.17, 15) is 4.79 Å². The van der Waals surface area contributed by atoms with E-state index in [1.807, 2.05) is 0 Å². The maximum Gasteiger partial charge on any atom is 0.271 e. The largest absolute Gasteiger partial charge is 0.364 e. The quantitative estimate of drug-likeness (QED) is 0.565. The van der Waals surface area contributed by atoms with Crippen LogP contribution in [0.25, 0.3) is 0 Å². The van der Waals surface area contributed by atoms with Gasteiger partial charge in [-0.2, -0.15) is 5.21 Å².